The van der Waals surface area contributed by atoms with Crippen molar-refractivity contribution in [2.45, 2.75) is 31.2 Å². The second kappa shape index (κ2) is 7.53. The van der Waals surface area contributed by atoms with E-state index in [-0.39, 0.29) is 0 Å². The van der Waals surface area contributed by atoms with Gasteiger partial charge in [0.25, 0.3) is 0 Å². The molecule has 0 spiro atoms. The lowest BCUT2D eigenvalue weighted by Gasteiger charge is -2.12. The Morgan fingerprint density at radius 2 is 2.06 bits per heavy atom. The molecule has 0 bridgehead atoms. The molecule has 16 heavy (non-hydrogen) atoms. The summed E-state index contributed by atoms with van der Waals surface area (Å²) in [7, 11) is 0. The van der Waals surface area contributed by atoms with Crippen LogP contribution in [0.2, 0.25) is 0 Å². The third-order valence-electron chi connectivity index (χ3n) is 2.48. The van der Waals surface area contributed by atoms with Gasteiger partial charge in [0, 0.05) is 16.7 Å². The maximum atomic E-state index is 3.73. The molecule has 88 valence electrons. The Kier molecular flexibility index (Phi) is 6.27. The van der Waals surface area contributed by atoms with Crippen LogP contribution in [0.3, 0.4) is 0 Å². The molecule has 0 saturated carbocycles. The Hall–Kier alpha value is -0.730. The molecule has 1 N–H and O–H groups in total. The van der Waals surface area contributed by atoms with Gasteiger partial charge in [0.1, 0.15) is 0 Å². The highest BCUT2D eigenvalue weighted by Crippen LogP contribution is 2.21. The van der Waals surface area contributed by atoms with E-state index in [1.165, 1.54) is 10.5 Å². The second-order valence-corrected chi connectivity index (χ2v) is 4.94. The molecule has 1 rings (SSSR count). The van der Waals surface area contributed by atoms with Crippen LogP contribution in [0.4, 0.5) is 0 Å². The topological polar surface area (TPSA) is 12.0 Å². The normalized spacial score (nSPS) is 12.4. The summed E-state index contributed by atoms with van der Waals surface area (Å²) < 4.78 is 0. The molecule has 1 aromatic rings. The molecule has 1 atom stereocenters. The van der Waals surface area contributed by atoms with Crippen LogP contribution in [0.25, 0.3) is 0 Å². The van der Waals surface area contributed by atoms with Crippen LogP contribution >= 0.6 is 11.8 Å². The summed E-state index contributed by atoms with van der Waals surface area (Å²) in [5.74, 6) is 1.12. The number of allylic oxidation sites excluding steroid dienone is 1. The lowest BCUT2D eigenvalue weighted by molar-refractivity contribution is 0.598. The van der Waals surface area contributed by atoms with Crippen LogP contribution < -0.4 is 5.32 Å². The Morgan fingerprint density at radius 3 is 2.62 bits per heavy atom. The molecule has 0 fully saturated rings. The first-order chi connectivity index (χ1) is 7.77. The minimum Gasteiger partial charge on any atom is -0.310 e. The summed E-state index contributed by atoms with van der Waals surface area (Å²) in [6, 6.07) is 9.28. The zero-order chi connectivity index (χ0) is 11.8. The average Bonchev–Trinajstić information content (AvgIpc) is 2.30. The van der Waals surface area contributed by atoms with Crippen molar-refractivity contribution in [2.24, 2.45) is 0 Å². The maximum absolute atomic E-state index is 3.73. The third kappa shape index (κ3) is 4.42. The molecule has 0 amide bonds. The Morgan fingerprint density at radius 1 is 1.38 bits per heavy atom. The van der Waals surface area contributed by atoms with E-state index in [9.17, 15) is 0 Å². The molecule has 1 unspecified atom stereocenters. The number of hydrogen-bond acceptors (Lipinski definition) is 2. The zero-order valence-electron chi connectivity index (χ0n) is 10.2. The largest absolute Gasteiger partial charge is 0.310 e. The number of hydrogen-bond donors (Lipinski definition) is 1. The highest BCUT2D eigenvalue weighted by molar-refractivity contribution is 7.99. The van der Waals surface area contributed by atoms with Crippen molar-refractivity contribution in [1.82, 2.24) is 5.32 Å². The highest BCUT2D eigenvalue weighted by atomic mass is 32.2. The summed E-state index contributed by atoms with van der Waals surface area (Å²) in [5.41, 5.74) is 1.36. The lowest BCUT2D eigenvalue weighted by atomic mass is 10.1. The first-order valence-corrected chi connectivity index (χ1v) is 6.83. The van der Waals surface area contributed by atoms with Gasteiger partial charge in [-0.25, -0.2) is 0 Å². The minimum absolute atomic E-state index is 0.442. The van der Waals surface area contributed by atoms with Gasteiger partial charge in [-0.15, -0.1) is 18.3 Å². The fraction of sp³-hybridized carbons (Fsp3) is 0.429. The van der Waals surface area contributed by atoms with Gasteiger partial charge >= 0.3 is 0 Å². The SMILES string of the molecule is C=CCCSc1ccc(C(C)NCC)cc1. The summed E-state index contributed by atoms with van der Waals surface area (Å²) in [4.78, 5) is 1.34. The van der Waals surface area contributed by atoms with E-state index in [1.54, 1.807) is 0 Å². The first kappa shape index (κ1) is 13.3. The van der Waals surface area contributed by atoms with Crippen LogP contribution in [-0.2, 0) is 0 Å². The summed E-state index contributed by atoms with van der Waals surface area (Å²) in [5, 5.41) is 3.41. The van der Waals surface area contributed by atoms with Crippen LogP contribution in [0.15, 0.2) is 41.8 Å². The summed E-state index contributed by atoms with van der Waals surface area (Å²) in [6.45, 7) is 9.07. The average molecular weight is 235 g/mol. The van der Waals surface area contributed by atoms with Crippen molar-refractivity contribution in [2.75, 3.05) is 12.3 Å². The predicted molar refractivity (Wildman–Crippen MR) is 74.1 cm³/mol. The highest BCUT2D eigenvalue weighted by Gasteiger charge is 2.02. The number of benzene rings is 1. The van der Waals surface area contributed by atoms with Gasteiger partial charge in [-0.05, 0) is 37.6 Å². The number of nitrogens with one attached hydrogen (secondary N) is 1. The van der Waals surface area contributed by atoms with Crippen molar-refractivity contribution >= 4 is 11.8 Å². The monoisotopic (exact) mass is 235 g/mol. The summed E-state index contributed by atoms with van der Waals surface area (Å²) >= 11 is 1.89. The van der Waals surface area contributed by atoms with E-state index in [0.717, 1.165) is 18.7 Å². The Balaban J connectivity index is 2.50. The Labute approximate surface area is 103 Å². The smallest absolute Gasteiger partial charge is 0.0291 e. The van der Waals surface area contributed by atoms with Crippen LogP contribution in [-0.4, -0.2) is 12.3 Å². The van der Waals surface area contributed by atoms with E-state index >= 15 is 0 Å². The van der Waals surface area contributed by atoms with E-state index in [2.05, 4.69) is 50.0 Å². The van der Waals surface area contributed by atoms with E-state index in [0.29, 0.717) is 6.04 Å². The first-order valence-electron chi connectivity index (χ1n) is 5.85. The van der Waals surface area contributed by atoms with Gasteiger partial charge in [-0.3, -0.25) is 0 Å². The fourth-order valence-electron chi connectivity index (χ4n) is 1.54. The van der Waals surface area contributed by atoms with Crippen LogP contribution in [0.5, 0.6) is 0 Å². The molecule has 0 saturated heterocycles. The van der Waals surface area contributed by atoms with Gasteiger partial charge in [0.05, 0.1) is 0 Å². The van der Waals surface area contributed by atoms with Crippen molar-refractivity contribution in [3.05, 3.63) is 42.5 Å². The van der Waals surface area contributed by atoms with Gasteiger partial charge in [0.2, 0.25) is 0 Å². The molecule has 1 nitrogen and oxygen atoms in total. The minimum atomic E-state index is 0.442. The standard InChI is InChI=1S/C14H21NS/c1-4-6-11-16-14-9-7-13(8-10-14)12(3)15-5-2/h4,7-10,12,15H,1,5-6,11H2,2-3H3. The second-order valence-electron chi connectivity index (χ2n) is 3.77. The molecule has 0 aliphatic rings. The van der Waals surface area contributed by atoms with Gasteiger partial charge < -0.3 is 5.32 Å². The molecule has 0 radical (unpaired) electrons. The van der Waals surface area contributed by atoms with E-state index < -0.39 is 0 Å². The van der Waals surface area contributed by atoms with Crippen LogP contribution in [0, 0.1) is 0 Å². The molecule has 1 aromatic carbocycles. The van der Waals surface area contributed by atoms with Crippen molar-refractivity contribution < 1.29 is 0 Å². The molecular formula is C14H21NS. The molecule has 0 aromatic heterocycles. The zero-order valence-corrected chi connectivity index (χ0v) is 11.0. The third-order valence-corrected chi connectivity index (χ3v) is 3.53. The maximum Gasteiger partial charge on any atom is 0.0291 e. The molecule has 2 heteroatoms. The number of thioether (sulfide) groups is 1. The van der Waals surface area contributed by atoms with Crippen molar-refractivity contribution in [3.8, 4) is 0 Å². The fourth-order valence-corrected chi connectivity index (χ4v) is 2.39. The molecule has 0 heterocycles. The van der Waals surface area contributed by atoms with Crippen LogP contribution in [0.1, 0.15) is 31.9 Å². The van der Waals surface area contributed by atoms with E-state index in [1.807, 2.05) is 17.8 Å². The number of rotatable bonds is 7. The summed E-state index contributed by atoms with van der Waals surface area (Å²) in [6.07, 6.45) is 3.04. The van der Waals surface area contributed by atoms with E-state index in [4.69, 9.17) is 0 Å². The van der Waals surface area contributed by atoms with Gasteiger partial charge in [0.15, 0.2) is 0 Å². The van der Waals surface area contributed by atoms with Crippen molar-refractivity contribution in [3.63, 3.8) is 0 Å². The lowest BCUT2D eigenvalue weighted by Crippen LogP contribution is -2.17. The van der Waals surface area contributed by atoms with Crippen molar-refractivity contribution in [1.29, 1.82) is 0 Å². The Bertz CT molecular complexity index is 305. The quantitative estimate of drug-likeness (QED) is 0.435. The molecule has 0 aliphatic carbocycles. The molecule has 0 aliphatic heterocycles. The van der Waals surface area contributed by atoms with Gasteiger partial charge in [-0.1, -0.05) is 25.1 Å². The predicted octanol–water partition coefficient (Wildman–Crippen LogP) is 4.03. The molecular weight excluding hydrogens is 214 g/mol. The van der Waals surface area contributed by atoms with Gasteiger partial charge in [-0.2, -0.15) is 0 Å².